The lowest BCUT2D eigenvalue weighted by molar-refractivity contribution is -0.151. The van der Waals surface area contributed by atoms with E-state index in [1.165, 1.54) is 5.56 Å². The summed E-state index contributed by atoms with van der Waals surface area (Å²) in [5.41, 5.74) is 1.24. The monoisotopic (exact) mass is 273 g/mol. The minimum absolute atomic E-state index is 0.110. The summed E-state index contributed by atoms with van der Waals surface area (Å²) < 4.78 is 0. The number of aliphatic carboxylic acids is 1. The average molecular weight is 273 g/mol. The number of nitrogens with zero attached hydrogens (tertiary/aromatic N) is 1. The zero-order chi connectivity index (χ0) is 14.3. The van der Waals surface area contributed by atoms with E-state index < -0.39 is 5.97 Å². The fourth-order valence-corrected chi connectivity index (χ4v) is 2.98. The molecule has 3 unspecified atom stereocenters. The third kappa shape index (κ3) is 2.30. The Hall–Kier alpha value is -1.84. The molecular weight excluding hydrogens is 254 g/mol. The number of amides is 1. The number of hydrogen-bond acceptors (Lipinski definition) is 2. The van der Waals surface area contributed by atoms with Gasteiger partial charge < -0.3 is 10.0 Å². The molecule has 1 aromatic rings. The second-order valence-electron chi connectivity index (χ2n) is 5.99. The lowest BCUT2D eigenvalue weighted by Gasteiger charge is -2.41. The molecule has 3 atom stereocenters. The smallest absolute Gasteiger partial charge is 0.306 e. The molecule has 2 fully saturated rings. The Morgan fingerprint density at radius 2 is 1.90 bits per heavy atom. The van der Waals surface area contributed by atoms with Gasteiger partial charge in [0.2, 0.25) is 5.91 Å². The maximum atomic E-state index is 12.3. The van der Waals surface area contributed by atoms with Gasteiger partial charge in [-0.3, -0.25) is 9.59 Å². The molecule has 0 bridgehead atoms. The molecule has 20 heavy (non-hydrogen) atoms. The zero-order valence-corrected chi connectivity index (χ0v) is 11.5. The van der Waals surface area contributed by atoms with E-state index in [0.29, 0.717) is 19.0 Å². The van der Waals surface area contributed by atoms with Crippen LogP contribution >= 0.6 is 0 Å². The van der Waals surface area contributed by atoms with Crippen LogP contribution in [-0.2, 0) is 9.59 Å². The van der Waals surface area contributed by atoms with Crippen LogP contribution in [0.15, 0.2) is 30.3 Å². The average Bonchev–Trinajstić information content (AvgIpc) is 3.17. The van der Waals surface area contributed by atoms with Crippen molar-refractivity contribution >= 4 is 11.9 Å². The quantitative estimate of drug-likeness (QED) is 0.912. The number of carboxylic acids is 1. The van der Waals surface area contributed by atoms with Crippen LogP contribution in [0, 0.1) is 17.8 Å². The Morgan fingerprint density at radius 3 is 2.50 bits per heavy atom. The summed E-state index contributed by atoms with van der Waals surface area (Å²) in [5.74, 6) is -0.338. The molecule has 1 saturated heterocycles. The Morgan fingerprint density at radius 1 is 1.25 bits per heavy atom. The number of benzene rings is 1. The molecule has 0 spiro atoms. The van der Waals surface area contributed by atoms with Gasteiger partial charge in [0.05, 0.1) is 5.92 Å². The third-order valence-electron chi connectivity index (χ3n) is 4.65. The van der Waals surface area contributed by atoms with E-state index in [9.17, 15) is 9.59 Å². The molecule has 4 nitrogen and oxygen atoms in total. The van der Waals surface area contributed by atoms with Crippen LogP contribution in [0.2, 0.25) is 0 Å². The van der Waals surface area contributed by atoms with Gasteiger partial charge in [0.25, 0.3) is 0 Å². The summed E-state index contributed by atoms with van der Waals surface area (Å²) in [6.07, 6.45) is 0.929. The van der Waals surface area contributed by atoms with Crippen molar-refractivity contribution in [3.63, 3.8) is 0 Å². The van der Waals surface area contributed by atoms with Crippen molar-refractivity contribution in [1.82, 2.24) is 4.90 Å². The van der Waals surface area contributed by atoms with E-state index >= 15 is 0 Å². The molecule has 106 valence electrons. The summed E-state index contributed by atoms with van der Waals surface area (Å²) >= 11 is 0. The van der Waals surface area contributed by atoms with Gasteiger partial charge >= 0.3 is 5.97 Å². The molecule has 1 heterocycles. The van der Waals surface area contributed by atoms with E-state index in [-0.39, 0.29) is 23.7 Å². The van der Waals surface area contributed by atoms with Gasteiger partial charge in [0.1, 0.15) is 0 Å². The summed E-state index contributed by atoms with van der Waals surface area (Å²) in [6.45, 7) is 2.92. The molecule has 1 aliphatic carbocycles. The van der Waals surface area contributed by atoms with Gasteiger partial charge in [-0.15, -0.1) is 0 Å². The van der Waals surface area contributed by atoms with E-state index in [1.807, 2.05) is 23.1 Å². The Kier molecular flexibility index (Phi) is 3.24. The number of carbonyl (C=O) groups is 2. The SMILES string of the molecule is CC(C(=O)O)C1CN(C(=O)C2CC2c2ccccc2)C1. The lowest BCUT2D eigenvalue weighted by Crippen LogP contribution is -2.54. The Labute approximate surface area is 118 Å². The minimum Gasteiger partial charge on any atom is -0.481 e. The molecule has 2 aliphatic rings. The van der Waals surface area contributed by atoms with Crippen LogP contribution in [0.25, 0.3) is 0 Å². The largest absolute Gasteiger partial charge is 0.481 e. The van der Waals surface area contributed by atoms with Gasteiger partial charge in [-0.05, 0) is 17.9 Å². The van der Waals surface area contributed by atoms with E-state index in [4.69, 9.17) is 5.11 Å². The second kappa shape index (κ2) is 4.93. The topological polar surface area (TPSA) is 57.6 Å². The molecule has 0 aromatic heterocycles. The number of hydrogen-bond donors (Lipinski definition) is 1. The molecule has 4 heteroatoms. The predicted molar refractivity (Wildman–Crippen MR) is 74.2 cm³/mol. The third-order valence-corrected chi connectivity index (χ3v) is 4.65. The first-order chi connectivity index (χ1) is 9.58. The van der Waals surface area contributed by atoms with Crippen molar-refractivity contribution in [2.75, 3.05) is 13.1 Å². The summed E-state index contributed by atoms with van der Waals surface area (Å²) in [5, 5.41) is 8.95. The number of likely N-dealkylation sites (tertiary alicyclic amines) is 1. The predicted octanol–water partition coefficient (Wildman–Crippen LogP) is 1.97. The number of carbonyl (C=O) groups excluding carboxylic acids is 1. The van der Waals surface area contributed by atoms with Crippen LogP contribution in [-0.4, -0.2) is 35.0 Å². The van der Waals surface area contributed by atoms with Gasteiger partial charge in [0.15, 0.2) is 0 Å². The molecule has 1 N–H and O–H groups in total. The Bertz CT molecular complexity index is 522. The highest BCUT2D eigenvalue weighted by molar-refractivity contribution is 5.84. The lowest BCUT2D eigenvalue weighted by atomic mass is 9.86. The highest BCUT2D eigenvalue weighted by atomic mass is 16.4. The highest BCUT2D eigenvalue weighted by Crippen LogP contribution is 2.49. The van der Waals surface area contributed by atoms with Crippen molar-refractivity contribution in [1.29, 1.82) is 0 Å². The summed E-state index contributed by atoms with van der Waals surface area (Å²) in [7, 11) is 0. The first-order valence-electron chi connectivity index (χ1n) is 7.14. The molecule has 1 saturated carbocycles. The first kappa shape index (κ1) is 13.2. The standard InChI is InChI=1S/C16H19NO3/c1-10(16(19)20)12-8-17(9-12)15(18)14-7-13(14)11-5-3-2-4-6-11/h2-6,10,12-14H,7-9H2,1H3,(H,19,20). The first-order valence-corrected chi connectivity index (χ1v) is 7.14. The van der Waals surface area contributed by atoms with Crippen molar-refractivity contribution in [2.24, 2.45) is 17.8 Å². The highest BCUT2D eigenvalue weighted by Gasteiger charge is 2.48. The second-order valence-corrected chi connectivity index (χ2v) is 5.99. The zero-order valence-electron chi connectivity index (χ0n) is 11.5. The number of rotatable bonds is 4. The summed E-state index contributed by atoms with van der Waals surface area (Å²) in [4.78, 5) is 25.0. The van der Waals surface area contributed by atoms with E-state index in [2.05, 4.69) is 12.1 Å². The normalized spacial score (nSPS) is 26.8. The van der Waals surface area contributed by atoms with Crippen LogP contribution in [0.1, 0.15) is 24.8 Å². The van der Waals surface area contributed by atoms with Gasteiger partial charge in [-0.25, -0.2) is 0 Å². The molecule has 3 rings (SSSR count). The van der Waals surface area contributed by atoms with Crippen molar-refractivity contribution in [3.05, 3.63) is 35.9 Å². The van der Waals surface area contributed by atoms with Crippen LogP contribution in [0.3, 0.4) is 0 Å². The van der Waals surface area contributed by atoms with Gasteiger partial charge in [-0.2, -0.15) is 0 Å². The van der Waals surface area contributed by atoms with E-state index in [0.717, 1.165) is 6.42 Å². The fourth-order valence-electron chi connectivity index (χ4n) is 2.98. The van der Waals surface area contributed by atoms with Crippen LogP contribution in [0.5, 0.6) is 0 Å². The van der Waals surface area contributed by atoms with Crippen molar-refractivity contribution < 1.29 is 14.7 Å². The van der Waals surface area contributed by atoms with Gasteiger partial charge in [0, 0.05) is 24.9 Å². The number of carboxylic acid groups (broad SMARTS) is 1. The summed E-state index contributed by atoms with van der Waals surface area (Å²) in [6, 6.07) is 10.1. The molecule has 1 aromatic carbocycles. The molecule has 1 aliphatic heterocycles. The molecule has 0 radical (unpaired) electrons. The minimum atomic E-state index is -0.768. The molecular formula is C16H19NO3. The maximum absolute atomic E-state index is 12.3. The van der Waals surface area contributed by atoms with Crippen LogP contribution < -0.4 is 0 Å². The van der Waals surface area contributed by atoms with Crippen LogP contribution in [0.4, 0.5) is 0 Å². The van der Waals surface area contributed by atoms with Crippen molar-refractivity contribution in [2.45, 2.75) is 19.3 Å². The van der Waals surface area contributed by atoms with Gasteiger partial charge in [-0.1, -0.05) is 37.3 Å². The maximum Gasteiger partial charge on any atom is 0.306 e. The molecule has 1 amide bonds. The fraction of sp³-hybridized carbons (Fsp3) is 0.500. The Balaban J connectivity index is 1.52. The van der Waals surface area contributed by atoms with E-state index in [1.54, 1.807) is 6.92 Å². The van der Waals surface area contributed by atoms with Crippen molar-refractivity contribution in [3.8, 4) is 0 Å².